The normalized spacial score (nSPS) is 25.6. The van der Waals surface area contributed by atoms with Crippen molar-refractivity contribution < 1.29 is 4.79 Å². The Balaban J connectivity index is 2.04. The van der Waals surface area contributed by atoms with Gasteiger partial charge in [-0.2, -0.15) is 5.10 Å². The van der Waals surface area contributed by atoms with Crippen LogP contribution in [0.25, 0.3) is 0 Å². The highest BCUT2D eigenvalue weighted by Crippen LogP contribution is 2.32. The summed E-state index contributed by atoms with van der Waals surface area (Å²) in [6, 6.07) is 1.83. The first-order valence-electron chi connectivity index (χ1n) is 6.24. The molecule has 1 aromatic rings. The van der Waals surface area contributed by atoms with Gasteiger partial charge in [0.05, 0.1) is 0 Å². The summed E-state index contributed by atoms with van der Waals surface area (Å²) in [5.74, 6) is 1.21. The van der Waals surface area contributed by atoms with E-state index in [0.29, 0.717) is 5.69 Å². The maximum absolute atomic E-state index is 12.2. The largest absolute Gasteiger partial charge is 0.292 e. The van der Waals surface area contributed by atoms with E-state index in [2.05, 4.69) is 12.0 Å². The minimum atomic E-state index is 0.216. The second-order valence-electron chi connectivity index (χ2n) is 4.88. The molecule has 2 atom stereocenters. The number of carbonyl (C=O) groups excluding carboxylic acids is 1. The maximum Gasteiger partial charge on any atom is 0.186 e. The number of aryl methyl sites for hydroxylation is 1. The number of hydrogen-bond acceptors (Lipinski definition) is 2. The first-order valence-corrected chi connectivity index (χ1v) is 6.24. The van der Waals surface area contributed by atoms with Crippen molar-refractivity contribution in [3.8, 4) is 0 Å². The molecule has 1 saturated carbocycles. The Morgan fingerprint density at radius 2 is 2.38 bits per heavy atom. The molecule has 0 aromatic carbocycles. The van der Waals surface area contributed by atoms with Gasteiger partial charge in [-0.05, 0) is 24.8 Å². The highest BCUT2D eigenvalue weighted by Gasteiger charge is 2.28. The van der Waals surface area contributed by atoms with Gasteiger partial charge in [0, 0.05) is 19.2 Å². The number of ketones is 1. The molecule has 2 unspecified atom stereocenters. The summed E-state index contributed by atoms with van der Waals surface area (Å²) in [6.07, 6.45) is 7.64. The van der Waals surface area contributed by atoms with Crippen molar-refractivity contribution >= 4 is 5.78 Å². The van der Waals surface area contributed by atoms with E-state index in [0.717, 1.165) is 18.8 Å². The molecule has 0 bridgehead atoms. The van der Waals surface area contributed by atoms with Crippen LogP contribution in [-0.4, -0.2) is 15.6 Å². The number of nitrogens with zero attached hydrogens (tertiary/aromatic N) is 2. The fourth-order valence-electron chi connectivity index (χ4n) is 2.66. The Morgan fingerprint density at radius 1 is 1.56 bits per heavy atom. The molecule has 3 nitrogen and oxygen atoms in total. The van der Waals surface area contributed by atoms with Crippen LogP contribution in [0.3, 0.4) is 0 Å². The van der Waals surface area contributed by atoms with Gasteiger partial charge in [0.25, 0.3) is 0 Å². The summed E-state index contributed by atoms with van der Waals surface area (Å²) < 4.78 is 1.70. The average Bonchev–Trinajstić information content (AvgIpc) is 2.75. The Morgan fingerprint density at radius 3 is 3.00 bits per heavy atom. The molecule has 0 aliphatic heterocycles. The van der Waals surface area contributed by atoms with Crippen molar-refractivity contribution in [2.75, 3.05) is 0 Å². The molecule has 1 aliphatic rings. The molecular formula is C13H20N2O. The maximum atomic E-state index is 12.2. The third kappa shape index (κ3) is 2.34. The van der Waals surface area contributed by atoms with E-state index in [9.17, 15) is 4.79 Å². The summed E-state index contributed by atoms with van der Waals surface area (Å²) in [7, 11) is 1.85. The van der Waals surface area contributed by atoms with E-state index < -0.39 is 0 Å². The van der Waals surface area contributed by atoms with Crippen molar-refractivity contribution in [3.05, 3.63) is 18.0 Å². The van der Waals surface area contributed by atoms with Gasteiger partial charge in [-0.15, -0.1) is 0 Å². The molecule has 0 N–H and O–H groups in total. The monoisotopic (exact) mass is 220 g/mol. The van der Waals surface area contributed by atoms with Crippen molar-refractivity contribution in [2.24, 2.45) is 18.9 Å². The molecular weight excluding hydrogens is 200 g/mol. The Labute approximate surface area is 96.8 Å². The lowest BCUT2D eigenvalue weighted by Crippen LogP contribution is -2.23. The number of aromatic nitrogens is 2. The van der Waals surface area contributed by atoms with E-state index in [-0.39, 0.29) is 11.7 Å². The fraction of sp³-hybridized carbons (Fsp3) is 0.692. The second-order valence-corrected chi connectivity index (χ2v) is 4.88. The second kappa shape index (κ2) is 4.81. The molecule has 88 valence electrons. The van der Waals surface area contributed by atoms with Gasteiger partial charge < -0.3 is 0 Å². The van der Waals surface area contributed by atoms with Crippen molar-refractivity contribution in [2.45, 2.75) is 39.0 Å². The third-order valence-corrected chi connectivity index (χ3v) is 3.70. The number of Topliss-reactive ketones (excluding diaryl/α,β-unsaturated/α-hetero) is 1. The standard InChI is InChI=1S/C13H20N2O/c1-3-10-5-4-6-11(9-10)13(16)12-7-8-15(2)14-12/h7-8,10-11H,3-6,9H2,1-2H3. The van der Waals surface area contributed by atoms with Crippen LogP contribution in [0.15, 0.2) is 12.3 Å². The van der Waals surface area contributed by atoms with Gasteiger partial charge in [-0.3, -0.25) is 9.48 Å². The quantitative estimate of drug-likeness (QED) is 0.734. The molecule has 0 saturated heterocycles. The van der Waals surface area contributed by atoms with Crippen LogP contribution in [-0.2, 0) is 7.05 Å². The van der Waals surface area contributed by atoms with E-state index >= 15 is 0 Å². The highest BCUT2D eigenvalue weighted by atomic mass is 16.1. The molecule has 0 spiro atoms. The Bertz CT molecular complexity index is 370. The van der Waals surface area contributed by atoms with Crippen molar-refractivity contribution in [1.29, 1.82) is 0 Å². The van der Waals surface area contributed by atoms with E-state index in [1.165, 1.54) is 19.3 Å². The SMILES string of the molecule is CCC1CCCC(C(=O)c2ccn(C)n2)C1. The molecule has 1 aliphatic carbocycles. The minimum Gasteiger partial charge on any atom is -0.292 e. The lowest BCUT2D eigenvalue weighted by atomic mass is 9.78. The Kier molecular flexibility index (Phi) is 3.42. The first-order chi connectivity index (χ1) is 7.70. The van der Waals surface area contributed by atoms with Crippen LogP contribution in [0.5, 0.6) is 0 Å². The number of hydrogen-bond donors (Lipinski definition) is 0. The topological polar surface area (TPSA) is 34.9 Å². The minimum absolute atomic E-state index is 0.216. The lowest BCUT2D eigenvalue weighted by molar-refractivity contribution is 0.0856. The van der Waals surface area contributed by atoms with E-state index in [4.69, 9.17) is 0 Å². The molecule has 1 heterocycles. The van der Waals surface area contributed by atoms with Gasteiger partial charge in [-0.25, -0.2) is 0 Å². The zero-order chi connectivity index (χ0) is 11.5. The van der Waals surface area contributed by atoms with Gasteiger partial charge in [0.15, 0.2) is 5.78 Å². The Hall–Kier alpha value is -1.12. The molecule has 2 rings (SSSR count). The number of carbonyl (C=O) groups is 1. The average molecular weight is 220 g/mol. The predicted molar refractivity (Wildman–Crippen MR) is 63.3 cm³/mol. The first kappa shape index (κ1) is 11.4. The summed E-state index contributed by atoms with van der Waals surface area (Å²) in [5.41, 5.74) is 0.643. The van der Waals surface area contributed by atoms with Crippen LogP contribution in [0.2, 0.25) is 0 Å². The van der Waals surface area contributed by atoms with Crippen LogP contribution in [0.4, 0.5) is 0 Å². The van der Waals surface area contributed by atoms with E-state index in [1.54, 1.807) is 4.68 Å². The fourth-order valence-corrected chi connectivity index (χ4v) is 2.66. The van der Waals surface area contributed by atoms with E-state index in [1.807, 2.05) is 19.3 Å². The molecule has 0 amide bonds. The zero-order valence-corrected chi connectivity index (χ0v) is 10.1. The van der Waals surface area contributed by atoms with Crippen LogP contribution in [0, 0.1) is 11.8 Å². The van der Waals surface area contributed by atoms with Crippen molar-refractivity contribution in [3.63, 3.8) is 0 Å². The molecule has 1 aromatic heterocycles. The summed E-state index contributed by atoms with van der Waals surface area (Å²) in [6.45, 7) is 2.22. The molecule has 1 fully saturated rings. The van der Waals surface area contributed by atoms with Crippen LogP contribution < -0.4 is 0 Å². The molecule has 3 heteroatoms. The molecule has 16 heavy (non-hydrogen) atoms. The lowest BCUT2D eigenvalue weighted by Gasteiger charge is -2.26. The van der Waals surface area contributed by atoms with Crippen LogP contribution in [0.1, 0.15) is 49.5 Å². The highest BCUT2D eigenvalue weighted by molar-refractivity contribution is 5.96. The van der Waals surface area contributed by atoms with Crippen LogP contribution >= 0.6 is 0 Å². The summed E-state index contributed by atoms with van der Waals surface area (Å²) >= 11 is 0. The van der Waals surface area contributed by atoms with Gasteiger partial charge >= 0.3 is 0 Å². The smallest absolute Gasteiger partial charge is 0.186 e. The number of rotatable bonds is 3. The van der Waals surface area contributed by atoms with Crippen molar-refractivity contribution in [1.82, 2.24) is 9.78 Å². The zero-order valence-electron chi connectivity index (χ0n) is 10.1. The predicted octanol–water partition coefficient (Wildman–Crippen LogP) is 2.82. The van der Waals surface area contributed by atoms with Gasteiger partial charge in [-0.1, -0.05) is 26.2 Å². The van der Waals surface area contributed by atoms with Gasteiger partial charge in [0.1, 0.15) is 5.69 Å². The summed E-state index contributed by atoms with van der Waals surface area (Å²) in [5, 5.41) is 4.20. The van der Waals surface area contributed by atoms with Gasteiger partial charge in [0.2, 0.25) is 0 Å². The summed E-state index contributed by atoms with van der Waals surface area (Å²) in [4.78, 5) is 12.2. The third-order valence-electron chi connectivity index (χ3n) is 3.70. The molecule has 0 radical (unpaired) electrons.